The third-order valence-electron chi connectivity index (χ3n) is 2.45. The molecule has 2 rings (SSSR count). The Balaban J connectivity index is 2.57. The van der Waals surface area contributed by atoms with Gasteiger partial charge >= 0.3 is 5.97 Å². The lowest BCUT2D eigenvalue weighted by molar-refractivity contribution is 0.0599. The number of esters is 1. The Morgan fingerprint density at radius 3 is 2.72 bits per heavy atom. The minimum atomic E-state index is -3.31. The highest BCUT2D eigenvalue weighted by molar-refractivity contribution is 7.89. The maximum absolute atomic E-state index is 11.6. The normalized spacial score (nSPS) is 13.4. The molecule has 0 unspecified atom stereocenters. The molecule has 0 spiro atoms. The average molecular weight is 272 g/mol. The number of rotatable bonds is 3. The lowest BCUT2D eigenvalue weighted by Crippen LogP contribution is -2.10. The van der Waals surface area contributed by atoms with Gasteiger partial charge in [-0.2, -0.15) is 0 Å². The first-order chi connectivity index (χ1) is 8.42. The van der Waals surface area contributed by atoms with Crippen LogP contribution in [-0.2, 0) is 20.3 Å². The van der Waals surface area contributed by atoms with Crippen LogP contribution in [0.2, 0.25) is 0 Å². The van der Waals surface area contributed by atoms with Gasteiger partial charge < -0.3 is 14.2 Å². The first-order valence-corrected chi connectivity index (χ1v) is 7.16. The van der Waals surface area contributed by atoms with Crippen LogP contribution in [0.25, 0.3) is 0 Å². The van der Waals surface area contributed by atoms with E-state index in [0.29, 0.717) is 11.5 Å². The zero-order valence-electron chi connectivity index (χ0n) is 9.93. The van der Waals surface area contributed by atoms with Crippen molar-refractivity contribution in [1.29, 1.82) is 0 Å². The Morgan fingerprint density at radius 1 is 1.39 bits per heavy atom. The van der Waals surface area contributed by atoms with Crippen LogP contribution in [-0.4, -0.2) is 34.5 Å². The molecule has 0 amide bonds. The highest BCUT2D eigenvalue weighted by Crippen LogP contribution is 2.38. The zero-order chi connectivity index (χ0) is 13.3. The van der Waals surface area contributed by atoms with Gasteiger partial charge in [0.05, 0.1) is 18.4 Å². The van der Waals surface area contributed by atoms with E-state index in [1.807, 2.05) is 0 Å². The van der Waals surface area contributed by atoms with Crippen molar-refractivity contribution in [3.8, 4) is 11.5 Å². The predicted molar refractivity (Wildman–Crippen MR) is 62.5 cm³/mol. The number of hydrogen-bond donors (Lipinski definition) is 0. The second-order valence-electron chi connectivity index (χ2n) is 3.89. The molecule has 0 aromatic heterocycles. The molecule has 7 heteroatoms. The minimum Gasteiger partial charge on any atom is -0.465 e. The largest absolute Gasteiger partial charge is 0.465 e. The van der Waals surface area contributed by atoms with Crippen LogP contribution in [0, 0.1) is 0 Å². The summed E-state index contributed by atoms with van der Waals surface area (Å²) < 4.78 is 37.8. The lowest BCUT2D eigenvalue weighted by Gasteiger charge is -2.10. The molecule has 0 N–H and O–H groups in total. The number of hydrogen-bond acceptors (Lipinski definition) is 6. The summed E-state index contributed by atoms with van der Waals surface area (Å²) in [6.45, 7) is 0.0106. The molecule has 1 aliphatic rings. The van der Waals surface area contributed by atoms with Gasteiger partial charge in [-0.3, -0.25) is 0 Å². The second kappa shape index (κ2) is 4.49. The van der Waals surface area contributed by atoms with E-state index < -0.39 is 15.8 Å². The van der Waals surface area contributed by atoms with Crippen LogP contribution in [0.15, 0.2) is 12.1 Å². The molecule has 0 saturated carbocycles. The molecular formula is C11H12O6S. The minimum absolute atomic E-state index is 0.0106. The van der Waals surface area contributed by atoms with Gasteiger partial charge in [-0.25, -0.2) is 13.2 Å². The number of carbonyl (C=O) groups excluding carboxylic acids is 1. The Hall–Kier alpha value is -1.76. The quantitative estimate of drug-likeness (QED) is 0.755. The average Bonchev–Trinajstić information content (AvgIpc) is 2.75. The summed E-state index contributed by atoms with van der Waals surface area (Å²) in [5.41, 5.74) is 0.450. The van der Waals surface area contributed by atoms with E-state index >= 15 is 0 Å². The van der Waals surface area contributed by atoms with E-state index in [-0.39, 0.29) is 23.7 Å². The van der Waals surface area contributed by atoms with E-state index in [4.69, 9.17) is 9.47 Å². The molecule has 0 radical (unpaired) electrons. The summed E-state index contributed by atoms with van der Waals surface area (Å²) in [7, 11) is -2.07. The maximum Gasteiger partial charge on any atom is 0.338 e. The summed E-state index contributed by atoms with van der Waals surface area (Å²) in [5.74, 6) is -0.180. The third-order valence-corrected chi connectivity index (χ3v) is 3.27. The summed E-state index contributed by atoms with van der Waals surface area (Å²) in [5, 5.41) is 0. The highest BCUT2D eigenvalue weighted by atomic mass is 32.2. The Kier molecular flexibility index (Phi) is 3.16. The van der Waals surface area contributed by atoms with E-state index in [1.165, 1.54) is 13.2 Å². The van der Waals surface area contributed by atoms with Gasteiger partial charge in [0, 0.05) is 11.8 Å². The van der Waals surface area contributed by atoms with Gasteiger partial charge in [-0.15, -0.1) is 0 Å². The van der Waals surface area contributed by atoms with Gasteiger partial charge in [0.15, 0.2) is 21.3 Å². The Morgan fingerprint density at radius 2 is 2.11 bits per heavy atom. The first kappa shape index (κ1) is 12.7. The smallest absolute Gasteiger partial charge is 0.338 e. The van der Waals surface area contributed by atoms with Crippen LogP contribution < -0.4 is 9.47 Å². The zero-order valence-corrected chi connectivity index (χ0v) is 10.7. The van der Waals surface area contributed by atoms with Crippen molar-refractivity contribution < 1.29 is 27.4 Å². The first-order valence-electron chi connectivity index (χ1n) is 5.10. The fourth-order valence-electron chi connectivity index (χ4n) is 1.74. The third kappa shape index (κ3) is 2.40. The van der Waals surface area contributed by atoms with Crippen LogP contribution in [0.3, 0.4) is 0 Å². The predicted octanol–water partition coefficient (Wildman–Crippen LogP) is 0.747. The standard InChI is InChI=1S/C11H12O6S/c1-15-11(12)7-3-4-9-10(17-6-16-9)8(7)5-18(2,13)14/h3-4H,5-6H2,1-2H3. The number of carbonyl (C=O) groups is 1. The molecule has 0 atom stereocenters. The van der Waals surface area contributed by atoms with E-state index in [1.54, 1.807) is 6.07 Å². The fraction of sp³-hybridized carbons (Fsp3) is 0.364. The summed E-state index contributed by atoms with van der Waals surface area (Å²) in [6, 6.07) is 3.03. The topological polar surface area (TPSA) is 78.9 Å². The van der Waals surface area contributed by atoms with Crippen molar-refractivity contribution in [2.75, 3.05) is 20.2 Å². The van der Waals surface area contributed by atoms with Crippen molar-refractivity contribution in [3.63, 3.8) is 0 Å². The monoisotopic (exact) mass is 272 g/mol. The summed E-state index contributed by atoms with van der Waals surface area (Å²) in [6.07, 6.45) is 1.09. The van der Waals surface area contributed by atoms with Crippen molar-refractivity contribution >= 4 is 15.8 Å². The summed E-state index contributed by atoms with van der Waals surface area (Å²) >= 11 is 0. The van der Waals surface area contributed by atoms with Crippen LogP contribution in [0.5, 0.6) is 11.5 Å². The maximum atomic E-state index is 11.6. The van der Waals surface area contributed by atoms with Gasteiger partial charge in [-0.1, -0.05) is 0 Å². The van der Waals surface area contributed by atoms with Crippen LogP contribution in [0.1, 0.15) is 15.9 Å². The number of methoxy groups -OCH3 is 1. The number of ether oxygens (including phenoxy) is 3. The van der Waals surface area contributed by atoms with Gasteiger partial charge in [0.1, 0.15) is 0 Å². The number of fused-ring (bicyclic) bond motifs is 1. The molecular weight excluding hydrogens is 260 g/mol. The van der Waals surface area contributed by atoms with Gasteiger partial charge in [-0.05, 0) is 12.1 Å². The fourth-order valence-corrected chi connectivity index (χ4v) is 2.55. The van der Waals surface area contributed by atoms with Crippen LogP contribution >= 0.6 is 0 Å². The van der Waals surface area contributed by atoms with E-state index in [0.717, 1.165) is 6.26 Å². The SMILES string of the molecule is COC(=O)c1ccc2c(c1CS(C)(=O)=O)OCO2. The molecule has 1 aromatic rings. The molecule has 1 aromatic carbocycles. The van der Waals surface area contributed by atoms with Crippen LogP contribution in [0.4, 0.5) is 0 Å². The van der Waals surface area contributed by atoms with E-state index in [9.17, 15) is 13.2 Å². The second-order valence-corrected chi connectivity index (χ2v) is 6.03. The molecule has 0 aliphatic carbocycles. The molecule has 18 heavy (non-hydrogen) atoms. The highest BCUT2D eigenvalue weighted by Gasteiger charge is 2.26. The van der Waals surface area contributed by atoms with Crippen molar-refractivity contribution in [2.24, 2.45) is 0 Å². The lowest BCUT2D eigenvalue weighted by atomic mass is 10.1. The molecule has 98 valence electrons. The summed E-state index contributed by atoms with van der Waals surface area (Å²) in [4.78, 5) is 11.6. The molecule has 1 aliphatic heterocycles. The van der Waals surface area contributed by atoms with Gasteiger partial charge in [0.25, 0.3) is 0 Å². The number of sulfone groups is 1. The molecule has 0 saturated heterocycles. The Labute approximate surface area is 104 Å². The molecule has 0 fully saturated rings. The number of benzene rings is 1. The molecule has 6 nitrogen and oxygen atoms in total. The van der Waals surface area contributed by atoms with Gasteiger partial charge in [0.2, 0.25) is 6.79 Å². The Bertz CT molecular complexity index is 590. The van der Waals surface area contributed by atoms with Crippen molar-refractivity contribution in [3.05, 3.63) is 23.3 Å². The van der Waals surface area contributed by atoms with Crippen molar-refractivity contribution in [2.45, 2.75) is 5.75 Å². The molecule has 0 bridgehead atoms. The van der Waals surface area contributed by atoms with Crippen molar-refractivity contribution in [1.82, 2.24) is 0 Å². The molecule has 1 heterocycles. The van der Waals surface area contributed by atoms with E-state index in [2.05, 4.69) is 4.74 Å².